The van der Waals surface area contributed by atoms with Crippen molar-refractivity contribution in [1.29, 1.82) is 0 Å². The van der Waals surface area contributed by atoms with E-state index in [4.69, 9.17) is 4.74 Å². The molecule has 0 amide bonds. The van der Waals surface area contributed by atoms with Gasteiger partial charge < -0.3 is 4.74 Å². The second-order valence-corrected chi connectivity index (χ2v) is 3.26. The number of halogens is 2. The zero-order valence-electron chi connectivity index (χ0n) is 7.32. The minimum atomic E-state index is 0. The summed E-state index contributed by atoms with van der Waals surface area (Å²) < 4.78 is 5.97. The number of nitrogens with zero attached hydrogens (tertiary/aromatic N) is 2. The second-order valence-electron chi connectivity index (χ2n) is 2.46. The molecule has 0 aliphatic carbocycles. The van der Waals surface area contributed by atoms with Crippen molar-refractivity contribution < 1.29 is 4.74 Å². The third-order valence-corrected chi connectivity index (χ3v) is 2.50. The number of hydrogen-bond acceptors (Lipinski definition) is 3. The minimum Gasteiger partial charge on any atom is -0.495 e. The molecule has 0 saturated carbocycles. The molecule has 0 atom stereocenters. The third-order valence-electron chi connectivity index (χ3n) is 1.73. The fourth-order valence-corrected chi connectivity index (χ4v) is 1.72. The lowest BCUT2D eigenvalue weighted by Gasteiger charge is -2.04. The van der Waals surface area contributed by atoms with Crippen molar-refractivity contribution in [2.45, 2.75) is 0 Å². The Bertz CT molecular complexity index is 450. The molecular weight excluding hydrogens is 267 g/mol. The quantitative estimate of drug-likeness (QED) is 0.802. The molecule has 0 saturated heterocycles. The van der Waals surface area contributed by atoms with Crippen molar-refractivity contribution in [3.05, 3.63) is 29.1 Å². The van der Waals surface area contributed by atoms with E-state index < -0.39 is 0 Å². The molecule has 0 aliphatic rings. The molecule has 73 valence electrons. The molecule has 0 unspecified atom stereocenters. The molecule has 5 heteroatoms. The predicted octanol–water partition coefficient (Wildman–Crippen LogP) is 2.62. The number of fused-ring (bicyclic) bond motifs is 1. The van der Waals surface area contributed by atoms with E-state index in [-0.39, 0.29) is 12.4 Å². The maximum absolute atomic E-state index is 5.13. The van der Waals surface area contributed by atoms with E-state index in [0.717, 1.165) is 21.1 Å². The lowest BCUT2D eigenvalue weighted by atomic mass is 10.2. The van der Waals surface area contributed by atoms with Crippen LogP contribution in [0.4, 0.5) is 0 Å². The summed E-state index contributed by atoms with van der Waals surface area (Å²) in [5.74, 6) is 0.764. The molecule has 1 heterocycles. The minimum absolute atomic E-state index is 0. The molecule has 2 aromatic rings. The van der Waals surface area contributed by atoms with Crippen LogP contribution in [-0.2, 0) is 0 Å². The smallest absolute Gasteiger partial charge is 0.135 e. The van der Waals surface area contributed by atoms with Crippen LogP contribution in [0.15, 0.2) is 22.9 Å². The van der Waals surface area contributed by atoms with Gasteiger partial charge in [0.05, 0.1) is 17.1 Å². The third kappa shape index (κ3) is 1.81. The normalized spacial score (nSPS) is 9.57. The Morgan fingerprint density at radius 3 is 2.93 bits per heavy atom. The zero-order valence-corrected chi connectivity index (χ0v) is 9.72. The first-order chi connectivity index (χ1) is 6.33. The van der Waals surface area contributed by atoms with Gasteiger partial charge in [0.25, 0.3) is 0 Å². The largest absolute Gasteiger partial charge is 0.495 e. The van der Waals surface area contributed by atoms with Gasteiger partial charge in [-0.3, -0.25) is 0 Å². The van der Waals surface area contributed by atoms with Gasteiger partial charge in [-0.1, -0.05) is 0 Å². The SMILES string of the molecule is COc1ccc2[c]ncnc2c1Br.Cl. The van der Waals surface area contributed by atoms with Gasteiger partial charge in [0.1, 0.15) is 18.3 Å². The monoisotopic (exact) mass is 273 g/mol. The van der Waals surface area contributed by atoms with Crippen molar-refractivity contribution in [1.82, 2.24) is 9.97 Å². The number of ether oxygens (including phenoxy) is 1. The Hall–Kier alpha value is -0.870. The van der Waals surface area contributed by atoms with Crippen molar-refractivity contribution >= 4 is 39.2 Å². The second kappa shape index (κ2) is 4.57. The van der Waals surface area contributed by atoms with E-state index in [0.29, 0.717) is 0 Å². The molecule has 14 heavy (non-hydrogen) atoms. The van der Waals surface area contributed by atoms with Gasteiger partial charge in [-0.05, 0) is 28.1 Å². The molecular formula is C9H7BrClN2O. The highest BCUT2D eigenvalue weighted by molar-refractivity contribution is 9.10. The molecule has 1 radical (unpaired) electrons. The Morgan fingerprint density at radius 2 is 2.21 bits per heavy atom. The number of rotatable bonds is 1. The Balaban J connectivity index is 0.000000980. The van der Waals surface area contributed by atoms with Gasteiger partial charge in [-0.25, -0.2) is 9.97 Å². The van der Waals surface area contributed by atoms with Crippen molar-refractivity contribution in [3.63, 3.8) is 0 Å². The van der Waals surface area contributed by atoms with Crippen LogP contribution in [0, 0.1) is 6.20 Å². The van der Waals surface area contributed by atoms with E-state index in [1.165, 1.54) is 6.33 Å². The van der Waals surface area contributed by atoms with Crippen LogP contribution in [0.25, 0.3) is 10.9 Å². The first kappa shape index (κ1) is 11.2. The first-order valence-corrected chi connectivity index (χ1v) is 4.47. The molecule has 3 nitrogen and oxygen atoms in total. The van der Waals surface area contributed by atoms with Crippen LogP contribution in [0.2, 0.25) is 0 Å². The van der Waals surface area contributed by atoms with Gasteiger partial charge in [0.2, 0.25) is 0 Å². The lowest BCUT2D eigenvalue weighted by Crippen LogP contribution is -1.88. The van der Waals surface area contributed by atoms with E-state index in [9.17, 15) is 0 Å². The summed E-state index contributed by atoms with van der Waals surface area (Å²) in [7, 11) is 1.62. The average Bonchev–Trinajstić information content (AvgIpc) is 2.19. The molecule has 0 aliphatic heterocycles. The van der Waals surface area contributed by atoms with Crippen molar-refractivity contribution in [2.75, 3.05) is 7.11 Å². The van der Waals surface area contributed by atoms with Gasteiger partial charge >= 0.3 is 0 Å². The van der Waals surface area contributed by atoms with E-state index >= 15 is 0 Å². The van der Waals surface area contributed by atoms with Crippen LogP contribution in [0.5, 0.6) is 5.75 Å². The van der Waals surface area contributed by atoms with Gasteiger partial charge in [-0.2, -0.15) is 0 Å². The zero-order chi connectivity index (χ0) is 9.26. The van der Waals surface area contributed by atoms with Crippen LogP contribution >= 0.6 is 28.3 Å². The Morgan fingerprint density at radius 1 is 1.43 bits per heavy atom. The molecule has 0 N–H and O–H groups in total. The highest BCUT2D eigenvalue weighted by atomic mass is 79.9. The fraction of sp³-hybridized carbons (Fsp3) is 0.111. The standard InChI is InChI=1S/C9H6BrN2O.ClH/c1-13-7-3-2-6-4-11-5-12-9(6)8(7)10;/h2-3,5H,1H3;1H. The van der Waals surface area contributed by atoms with Crippen molar-refractivity contribution in [3.8, 4) is 5.75 Å². The van der Waals surface area contributed by atoms with Crippen molar-refractivity contribution in [2.24, 2.45) is 0 Å². The summed E-state index contributed by atoms with van der Waals surface area (Å²) in [4.78, 5) is 7.93. The summed E-state index contributed by atoms with van der Waals surface area (Å²) in [6.45, 7) is 0. The maximum atomic E-state index is 5.13. The Labute approximate surface area is 96.1 Å². The number of benzene rings is 1. The summed E-state index contributed by atoms with van der Waals surface area (Å²) in [6.07, 6.45) is 4.31. The van der Waals surface area contributed by atoms with Crippen LogP contribution in [0.3, 0.4) is 0 Å². The van der Waals surface area contributed by atoms with Gasteiger partial charge in [0.15, 0.2) is 0 Å². The number of aromatic nitrogens is 2. The summed E-state index contributed by atoms with van der Waals surface area (Å²) in [6, 6.07) is 3.73. The van der Waals surface area contributed by atoms with Crippen LogP contribution < -0.4 is 4.74 Å². The molecule has 1 aromatic carbocycles. The van der Waals surface area contributed by atoms with Crippen LogP contribution in [-0.4, -0.2) is 17.1 Å². The lowest BCUT2D eigenvalue weighted by molar-refractivity contribution is 0.413. The average molecular weight is 275 g/mol. The fourth-order valence-electron chi connectivity index (χ4n) is 1.11. The van der Waals surface area contributed by atoms with Gasteiger partial charge in [-0.15, -0.1) is 12.4 Å². The number of methoxy groups -OCH3 is 1. The molecule has 0 bridgehead atoms. The van der Waals surface area contributed by atoms with Crippen LogP contribution in [0.1, 0.15) is 0 Å². The highest BCUT2D eigenvalue weighted by Gasteiger charge is 2.05. The van der Waals surface area contributed by atoms with E-state index in [1.54, 1.807) is 7.11 Å². The molecule has 2 rings (SSSR count). The van der Waals surface area contributed by atoms with E-state index in [2.05, 4.69) is 32.1 Å². The predicted molar refractivity (Wildman–Crippen MR) is 59.9 cm³/mol. The summed E-state index contributed by atoms with van der Waals surface area (Å²) >= 11 is 3.41. The summed E-state index contributed by atoms with van der Waals surface area (Å²) in [5.41, 5.74) is 0.814. The van der Waals surface area contributed by atoms with E-state index in [1.807, 2.05) is 12.1 Å². The number of hydrogen-bond donors (Lipinski definition) is 0. The Kier molecular flexibility index (Phi) is 3.66. The first-order valence-electron chi connectivity index (χ1n) is 3.68. The maximum Gasteiger partial charge on any atom is 0.135 e. The molecule has 1 aromatic heterocycles. The topological polar surface area (TPSA) is 35.0 Å². The molecule has 0 spiro atoms. The summed E-state index contributed by atoms with van der Waals surface area (Å²) in [5, 5.41) is 0.871. The molecule has 0 fully saturated rings. The highest BCUT2D eigenvalue weighted by Crippen LogP contribution is 2.30. The van der Waals surface area contributed by atoms with Gasteiger partial charge in [0, 0.05) is 5.39 Å².